The van der Waals surface area contributed by atoms with E-state index < -0.39 is 12.2 Å². The first-order chi connectivity index (χ1) is 13.8. The van der Waals surface area contributed by atoms with Gasteiger partial charge >= 0.3 is 12.2 Å². The summed E-state index contributed by atoms with van der Waals surface area (Å²) in [6.07, 6.45) is 2.32. The van der Waals surface area contributed by atoms with Gasteiger partial charge in [0.1, 0.15) is 0 Å². The summed E-state index contributed by atoms with van der Waals surface area (Å²) in [6, 6.07) is 4.27. The van der Waals surface area contributed by atoms with Crippen molar-refractivity contribution in [3.05, 3.63) is 33.0 Å². The minimum absolute atomic E-state index is 0.104. The number of aromatic nitrogens is 1. The number of thiazole rings is 1. The van der Waals surface area contributed by atoms with Crippen LogP contribution in [0.3, 0.4) is 0 Å². The second-order valence-electron chi connectivity index (χ2n) is 5.63. The second-order valence-corrected chi connectivity index (χ2v) is 7.74. The molecule has 0 spiro atoms. The van der Waals surface area contributed by atoms with Gasteiger partial charge in [-0.15, -0.1) is 22.7 Å². The lowest BCUT2D eigenvalue weighted by molar-refractivity contribution is -0.114. The number of hydrogen-bond donors (Lipinski definition) is 5. The van der Waals surface area contributed by atoms with Crippen LogP contribution in [-0.2, 0) is 24.1 Å². The number of aryl methyl sites for hydroxylation is 3. The van der Waals surface area contributed by atoms with Crippen LogP contribution in [0.15, 0.2) is 22.5 Å². The van der Waals surface area contributed by atoms with Gasteiger partial charge in [-0.05, 0) is 37.8 Å². The Bertz CT molecular complexity index is 830. The molecule has 0 aromatic carbocycles. The van der Waals surface area contributed by atoms with Crippen LogP contribution in [0.4, 0.5) is 14.7 Å². The molecule has 29 heavy (non-hydrogen) atoms. The van der Waals surface area contributed by atoms with E-state index in [-0.39, 0.29) is 5.91 Å². The minimum atomic E-state index is -1.33. The molecule has 0 aliphatic carbocycles. The Morgan fingerprint density at radius 3 is 2.48 bits per heavy atom. The summed E-state index contributed by atoms with van der Waals surface area (Å²) in [5, 5.41) is 23.7. The highest BCUT2D eigenvalue weighted by atomic mass is 32.1. The van der Waals surface area contributed by atoms with E-state index in [0.29, 0.717) is 11.7 Å². The molecule has 6 N–H and O–H groups in total. The molecule has 0 fully saturated rings. The first-order valence-electron chi connectivity index (χ1n) is 8.53. The largest absolute Gasteiger partial charge is 0.465 e. The van der Waals surface area contributed by atoms with E-state index in [1.807, 2.05) is 5.38 Å². The van der Waals surface area contributed by atoms with Gasteiger partial charge in [0.15, 0.2) is 5.13 Å². The van der Waals surface area contributed by atoms with Crippen molar-refractivity contribution in [1.29, 1.82) is 0 Å². The number of amides is 3. The van der Waals surface area contributed by atoms with Gasteiger partial charge in [0.05, 0.1) is 12.0 Å². The molecular formula is C17H23N5O5S2. The molecule has 0 unspecified atom stereocenters. The van der Waals surface area contributed by atoms with Crippen molar-refractivity contribution in [2.45, 2.75) is 32.6 Å². The number of primary amides is 1. The predicted octanol–water partition coefficient (Wildman–Crippen LogP) is 2.80. The Morgan fingerprint density at radius 2 is 1.86 bits per heavy atom. The zero-order valence-electron chi connectivity index (χ0n) is 15.8. The van der Waals surface area contributed by atoms with E-state index >= 15 is 0 Å². The lowest BCUT2D eigenvalue weighted by Crippen LogP contribution is -2.13. The monoisotopic (exact) mass is 441 g/mol. The summed E-state index contributed by atoms with van der Waals surface area (Å²) in [5.41, 5.74) is 5.02. The summed E-state index contributed by atoms with van der Waals surface area (Å²) in [5.74, 6) is -0.104. The Hall–Kier alpha value is -2.99. The van der Waals surface area contributed by atoms with E-state index in [9.17, 15) is 9.59 Å². The summed E-state index contributed by atoms with van der Waals surface area (Å²) in [4.78, 5) is 40.2. The average molecular weight is 442 g/mol. The third-order valence-electron chi connectivity index (χ3n) is 3.19. The fraction of sp³-hybridized carbons (Fsp3) is 0.353. The number of carbonyl (C=O) groups is 3. The maximum Gasteiger partial charge on any atom is 0.432 e. The third kappa shape index (κ3) is 12.2. The van der Waals surface area contributed by atoms with Crippen LogP contribution in [-0.4, -0.2) is 46.2 Å². The van der Waals surface area contributed by atoms with Crippen molar-refractivity contribution in [2.24, 2.45) is 10.7 Å². The van der Waals surface area contributed by atoms with E-state index in [1.165, 1.54) is 34.4 Å². The Balaban J connectivity index is 0.000000960. The van der Waals surface area contributed by atoms with Gasteiger partial charge in [-0.1, -0.05) is 0 Å². The average Bonchev–Trinajstić information content (AvgIpc) is 3.24. The number of thiophene rings is 1. The fourth-order valence-corrected chi connectivity index (χ4v) is 3.95. The van der Waals surface area contributed by atoms with Crippen molar-refractivity contribution in [3.8, 4) is 0 Å². The standard InChI is InChI=1S/C16H20N4O3S2.CH3NO2/c1-11(21)19-15-20-12(9-24-15)4-5-14-7-6-13(25-14)3-2-8-17-10-18-16(22)23;2-1(3)4/h6-7,9-10H,2-5,8H2,1H3,(H,17,18)(H,22,23)(H,19,20,21);2H2,(H,3,4). The van der Waals surface area contributed by atoms with Gasteiger partial charge in [0.2, 0.25) is 5.91 Å². The normalized spacial score (nSPS) is 10.2. The first kappa shape index (κ1) is 24.0. The van der Waals surface area contributed by atoms with Gasteiger partial charge in [-0.3, -0.25) is 4.79 Å². The number of aliphatic imine (C=N–C) groups is 1. The maximum absolute atomic E-state index is 11.0. The zero-order valence-corrected chi connectivity index (χ0v) is 17.4. The number of nitrogens with two attached hydrogens (primary N) is 1. The van der Waals surface area contributed by atoms with E-state index in [4.69, 9.17) is 15.0 Å². The fourth-order valence-electron chi connectivity index (χ4n) is 2.10. The van der Waals surface area contributed by atoms with Crippen LogP contribution in [0.1, 0.15) is 28.8 Å². The Kier molecular flexibility index (Phi) is 11.0. The molecule has 0 atom stereocenters. The Morgan fingerprint density at radius 1 is 1.21 bits per heavy atom. The lowest BCUT2D eigenvalue weighted by atomic mass is 10.2. The molecule has 0 saturated heterocycles. The number of anilines is 1. The van der Waals surface area contributed by atoms with Gasteiger partial charge < -0.3 is 26.6 Å². The number of hydrogen-bond acceptors (Lipinski definition) is 6. The SMILES string of the molecule is CC(=O)Nc1nc(CCc2ccc(CCCNC=NC(=O)O)s2)cs1.NC(=O)O. The molecule has 158 valence electrons. The molecule has 0 bridgehead atoms. The molecule has 3 amide bonds. The summed E-state index contributed by atoms with van der Waals surface area (Å²) >= 11 is 3.23. The molecule has 2 heterocycles. The molecule has 0 saturated carbocycles. The molecule has 12 heteroatoms. The molecule has 0 aliphatic heterocycles. The first-order valence-corrected chi connectivity index (χ1v) is 10.2. The zero-order chi connectivity index (χ0) is 21.6. The van der Waals surface area contributed by atoms with Crippen molar-refractivity contribution < 1.29 is 24.6 Å². The number of nitrogens with zero attached hydrogens (tertiary/aromatic N) is 2. The van der Waals surface area contributed by atoms with Crippen LogP contribution in [0.2, 0.25) is 0 Å². The maximum atomic E-state index is 11.0. The second kappa shape index (κ2) is 13.2. The number of rotatable bonds is 9. The van der Waals surface area contributed by atoms with Crippen LogP contribution < -0.4 is 16.4 Å². The van der Waals surface area contributed by atoms with Crippen molar-refractivity contribution in [3.63, 3.8) is 0 Å². The quantitative estimate of drug-likeness (QED) is 0.226. The minimum Gasteiger partial charge on any atom is -0.465 e. The molecule has 2 aromatic heterocycles. The van der Waals surface area contributed by atoms with E-state index in [2.05, 4.69) is 38.5 Å². The molecule has 0 radical (unpaired) electrons. The van der Waals surface area contributed by atoms with Gasteiger partial charge in [0.25, 0.3) is 0 Å². The lowest BCUT2D eigenvalue weighted by Gasteiger charge is -1.98. The van der Waals surface area contributed by atoms with Crippen LogP contribution in [0.5, 0.6) is 0 Å². The summed E-state index contributed by atoms with van der Waals surface area (Å²) in [6.45, 7) is 2.16. The predicted molar refractivity (Wildman–Crippen MR) is 113 cm³/mol. The Labute approximate surface area is 175 Å². The summed E-state index contributed by atoms with van der Waals surface area (Å²) < 4.78 is 0. The summed E-state index contributed by atoms with van der Waals surface area (Å²) in [7, 11) is 0. The van der Waals surface area contributed by atoms with Crippen molar-refractivity contribution in [1.82, 2.24) is 10.3 Å². The van der Waals surface area contributed by atoms with Crippen LogP contribution in [0, 0.1) is 0 Å². The highest BCUT2D eigenvalue weighted by Gasteiger charge is 2.05. The number of nitrogens with one attached hydrogen (secondary N) is 2. The number of carbonyl (C=O) groups excluding carboxylic acids is 1. The molecule has 2 rings (SSSR count). The third-order valence-corrected chi connectivity index (χ3v) is 5.20. The van der Waals surface area contributed by atoms with E-state index in [1.54, 1.807) is 11.3 Å². The van der Waals surface area contributed by atoms with Gasteiger partial charge in [-0.2, -0.15) is 4.99 Å². The topological polar surface area (TPSA) is 167 Å². The molecule has 0 aliphatic rings. The van der Waals surface area contributed by atoms with Gasteiger partial charge in [0, 0.05) is 28.6 Å². The highest BCUT2D eigenvalue weighted by Crippen LogP contribution is 2.21. The van der Waals surface area contributed by atoms with Crippen molar-refractivity contribution in [2.75, 3.05) is 11.9 Å². The molecular weight excluding hydrogens is 418 g/mol. The molecule has 2 aromatic rings. The number of carboxylic acid groups (broad SMARTS) is 2. The van der Waals surface area contributed by atoms with Crippen molar-refractivity contribution >= 4 is 52.2 Å². The smallest absolute Gasteiger partial charge is 0.432 e. The van der Waals surface area contributed by atoms with Crippen LogP contribution in [0.25, 0.3) is 0 Å². The molecule has 10 nitrogen and oxygen atoms in total. The highest BCUT2D eigenvalue weighted by molar-refractivity contribution is 7.14. The van der Waals surface area contributed by atoms with Gasteiger partial charge in [-0.25, -0.2) is 14.6 Å². The van der Waals surface area contributed by atoms with E-state index in [0.717, 1.165) is 31.4 Å². The van der Waals surface area contributed by atoms with Crippen LogP contribution >= 0.6 is 22.7 Å².